The van der Waals surface area contributed by atoms with Gasteiger partial charge in [-0.05, 0) is 70.7 Å². The summed E-state index contributed by atoms with van der Waals surface area (Å²) in [6, 6.07) is 37.8. The second-order valence-electron chi connectivity index (χ2n) is 10.4. The minimum Gasteiger partial charge on any atom is -0.456 e. The Morgan fingerprint density at radius 2 is 1.22 bits per heavy atom. The molecule has 2 nitrogen and oxygen atoms in total. The van der Waals surface area contributed by atoms with Crippen LogP contribution in [0.15, 0.2) is 108 Å². The number of para-hydroxylation sites is 1. The van der Waals surface area contributed by atoms with E-state index in [-0.39, 0.29) is 0 Å². The molecule has 5 aromatic carbocycles. The van der Waals surface area contributed by atoms with Crippen molar-refractivity contribution in [3.8, 4) is 22.3 Å². The minimum atomic E-state index is -0.419. The van der Waals surface area contributed by atoms with Crippen LogP contribution in [0.5, 0.6) is 0 Å². The Kier molecular flexibility index (Phi) is 3.89. The lowest BCUT2D eigenvalue weighted by molar-refractivity contribution is 0.400. The third kappa shape index (κ3) is 2.31. The van der Waals surface area contributed by atoms with Crippen LogP contribution in [-0.4, -0.2) is 19.0 Å². The van der Waals surface area contributed by atoms with Crippen LogP contribution in [0.4, 0.5) is 0 Å². The van der Waals surface area contributed by atoms with Crippen molar-refractivity contribution in [3.63, 3.8) is 0 Å². The minimum absolute atomic E-state index is 0.419. The van der Waals surface area contributed by atoms with Crippen molar-refractivity contribution in [2.24, 2.45) is 0 Å². The zero-order valence-electron chi connectivity index (χ0n) is 20.4. The lowest BCUT2D eigenvalue weighted by atomic mass is 9.69. The van der Waals surface area contributed by atoms with Gasteiger partial charge >= 0.3 is 0 Å². The van der Waals surface area contributed by atoms with E-state index >= 15 is 0 Å². The standard InChI is InChI=1S/C34H25NO/c1-35(2)20-21-10-9-14-25-22-11-3-6-15-28(22)34(31(21)25)29-16-7-4-12-23(29)26-18-19-27-24-13-5-8-17-30(24)36-33(27)32(26)34/h3-19H,20H2,1-2H3. The van der Waals surface area contributed by atoms with E-state index in [0.717, 1.165) is 17.7 Å². The van der Waals surface area contributed by atoms with Gasteiger partial charge < -0.3 is 9.32 Å². The molecule has 6 aromatic rings. The molecule has 1 spiro atoms. The monoisotopic (exact) mass is 463 g/mol. The van der Waals surface area contributed by atoms with E-state index < -0.39 is 5.41 Å². The first-order chi connectivity index (χ1) is 17.7. The fourth-order valence-corrected chi connectivity index (χ4v) is 7.02. The van der Waals surface area contributed by atoms with Crippen LogP contribution in [0.1, 0.15) is 27.8 Å². The maximum Gasteiger partial charge on any atom is 0.140 e. The van der Waals surface area contributed by atoms with Crippen molar-refractivity contribution in [2.75, 3.05) is 14.1 Å². The van der Waals surface area contributed by atoms with E-state index in [2.05, 4.69) is 122 Å². The van der Waals surface area contributed by atoms with Gasteiger partial charge in [-0.3, -0.25) is 0 Å². The third-order valence-corrected chi connectivity index (χ3v) is 8.18. The fraction of sp³-hybridized carbons (Fsp3) is 0.118. The Balaban J connectivity index is 1.63. The Morgan fingerprint density at radius 1 is 0.583 bits per heavy atom. The number of furan rings is 1. The van der Waals surface area contributed by atoms with Crippen molar-refractivity contribution in [1.29, 1.82) is 0 Å². The van der Waals surface area contributed by atoms with E-state index in [0.29, 0.717) is 0 Å². The summed E-state index contributed by atoms with van der Waals surface area (Å²) in [4.78, 5) is 2.27. The molecule has 2 aliphatic rings. The molecule has 0 radical (unpaired) electrons. The van der Waals surface area contributed by atoms with E-state index in [1.165, 1.54) is 60.8 Å². The Bertz CT molecular complexity index is 1840. The molecule has 0 saturated heterocycles. The summed E-state index contributed by atoms with van der Waals surface area (Å²) in [5.41, 5.74) is 13.5. The molecule has 0 bridgehead atoms. The summed E-state index contributed by atoms with van der Waals surface area (Å²) < 4.78 is 6.75. The fourth-order valence-electron chi connectivity index (χ4n) is 7.02. The van der Waals surface area contributed by atoms with Crippen molar-refractivity contribution in [2.45, 2.75) is 12.0 Å². The van der Waals surface area contributed by atoms with Crippen molar-refractivity contribution in [3.05, 3.63) is 131 Å². The molecule has 0 N–H and O–H groups in total. The maximum absolute atomic E-state index is 6.75. The number of hydrogen-bond acceptors (Lipinski definition) is 2. The van der Waals surface area contributed by atoms with E-state index in [9.17, 15) is 0 Å². The lowest BCUT2D eigenvalue weighted by Gasteiger charge is -2.32. The molecule has 2 aliphatic carbocycles. The maximum atomic E-state index is 6.75. The highest BCUT2D eigenvalue weighted by atomic mass is 16.3. The number of benzene rings is 5. The summed E-state index contributed by atoms with van der Waals surface area (Å²) in [5.74, 6) is 0. The third-order valence-electron chi connectivity index (χ3n) is 8.18. The van der Waals surface area contributed by atoms with Gasteiger partial charge in [-0.1, -0.05) is 91.0 Å². The van der Waals surface area contributed by atoms with E-state index in [1.807, 2.05) is 0 Å². The van der Waals surface area contributed by atoms with Crippen molar-refractivity contribution < 1.29 is 4.42 Å². The largest absolute Gasteiger partial charge is 0.456 e. The van der Waals surface area contributed by atoms with Gasteiger partial charge in [0.25, 0.3) is 0 Å². The molecule has 1 heterocycles. The van der Waals surface area contributed by atoms with Crippen molar-refractivity contribution in [1.82, 2.24) is 4.90 Å². The molecule has 1 unspecified atom stereocenters. The quantitative estimate of drug-likeness (QED) is 0.258. The van der Waals surface area contributed by atoms with Gasteiger partial charge in [0, 0.05) is 22.9 Å². The summed E-state index contributed by atoms with van der Waals surface area (Å²) >= 11 is 0. The predicted molar refractivity (Wildman–Crippen MR) is 147 cm³/mol. The second-order valence-corrected chi connectivity index (χ2v) is 10.4. The zero-order valence-corrected chi connectivity index (χ0v) is 20.4. The summed E-state index contributed by atoms with van der Waals surface area (Å²) in [6.45, 7) is 0.881. The lowest BCUT2D eigenvalue weighted by Crippen LogP contribution is -2.28. The van der Waals surface area contributed by atoms with Crippen LogP contribution < -0.4 is 0 Å². The molecule has 0 saturated carbocycles. The van der Waals surface area contributed by atoms with Crippen LogP contribution in [0.2, 0.25) is 0 Å². The molecule has 1 atom stereocenters. The summed E-state index contributed by atoms with van der Waals surface area (Å²) in [5, 5.41) is 2.36. The highest BCUT2D eigenvalue weighted by Crippen LogP contribution is 2.65. The normalized spacial score (nSPS) is 17.1. The molecular formula is C34H25NO. The first-order valence-electron chi connectivity index (χ1n) is 12.6. The number of fused-ring (bicyclic) bond motifs is 14. The predicted octanol–water partition coefficient (Wildman–Crippen LogP) is 7.99. The first-order valence-corrected chi connectivity index (χ1v) is 12.6. The second kappa shape index (κ2) is 6.96. The van der Waals surface area contributed by atoms with Crippen LogP contribution in [0.25, 0.3) is 44.2 Å². The van der Waals surface area contributed by atoms with Gasteiger partial charge in [-0.15, -0.1) is 0 Å². The van der Waals surface area contributed by atoms with Crippen molar-refractivity contribution >= 4 is 21.9 Å². The van der Waals surface area contributed by atoms with E-state index in [1.54, 1.807) is 0 Å². The van der Waals surface area contributed by atoms with Crippen LogP contribution >= 0.6 is 0 Å². The van der Waals surface area contributed by atoms with Gasteiger partial charge in [0.05, 0.1) is 5.41 Å². The van der Waals surface area contributed by atoms with Gasteiger partial charge in [0.1, 0.15) is 11.2 Å². The van der Waals surface area contributed by atoms with E-state index in [4.69, 9.17) is 4.42 Å². The first kappa shape index (κ1) is 20.1. The van der Waals surface area contributed by atoms with Gasteiger partial charge in [-0.2, -0.15) is 0 Å². The number of hydrogen-bond donors (Lipinski definition) is 0. The number of rotatable bonds is 2. The van der Waals surface area contributed by atoms with Crippen LogP contribution in [0.3, 0.4) is 0 Å². The molecule has 1 aromatic heterocycles. The highest BCUT2D eigenvalue weighted by molar-refractivity contribution is 6.11. The smallest absolute Gasteiger partial charge is 0.140 e. The molecule has 0 fully saturated rings. The summed E-state index contributed by atoms with van der Waals surface area (Å²) in [7, 11) is 4.31. The zero-order chi connectivity index (χ0) is 24.0. The molecule has 0 amide bonds. The average molecular weight is 464 g/mol. The van der Waals surface area contributed by atoms with Gasteiger partial charge in [0.2, 0.25) is 0 Å². The molecule has 0 aliphatic heterocycles. The molecule has 2 heteroatoms. The Hall–Kier alpha value is -4.14. The highest BCUT2D eigenvalue weighted by Gasteiger charge is 2.54. The van der Waals surface area contributed by atoms with Gasteiger partial charge in [0.15, 0.2) is 0 Å². The van der Waals surface area contributed by atoms with Crippen LogP contribution in [0, 0.1) is 0 Å². The topological polar surface area (TPSA) is 16.4 Å². The Labute approximate surface area is 210 Å². The summed E-state index contributed by atoms with van der Waals surface area (Å²) in [6.07, 6.45) is 0. The SMILES string of the molecule is CN(C)Cc1cccc2c1C1(c3ccccc3-2)c2ccccc2-c2ccc3c(oc4ccccc43)c21. The molecular weight excluding hydrogens is 438 g/mol. The van der Waals surface area contributed by atoms with Crippen LogP contribution in [-0.2, 0) is 12.0 Å². The molecule has 36 heavy (non-hydrogen) atoms. The Morgan fingerprint density at radius 3 is 1.97 bits per heavy atom. The number of nitrogens with zero attached hydrogens (tertiary/aromatic N) is 1. The average Bonchev–Trinajstić information content (AvgIpc) is 3.52. The molecule has 8 rings (SSSR count). The molecule has 172 valence electrons. The van der Waals surface area contributed by atoms with Gasteiger partial charge in [-0.25, -0.2) is 0 Å².